The van der Waals surface area contributed by atoms with Gasteiger partial charge in [-0.2, -0.15) is 0 Å². The summed E-state index contributed by atoms with van der Waals surface area (Å²) < 4.78 is 9.19. The van der Waals surface area contributed by atoms with Crippen molar-refractivity contribution in [3.8, 4) is 50.2 Å². The molecule has 10 aromatic carbocycles. The van der Waals surface area contributed by atoms with Gasteiger partial charge in [0.25, 0.3) is 0 Å². The summed E-state index contributed by atoms with van der Waals surface area (Å²) in [6.45, 7) is 9.46. The molecule has 0 saturated heterocycles. The van der Waals surface area contributed by atoms with Gasteiger partial charge < -0.3 is 13.9 Å². The van der Waals surface area contributed by atoms with Gasteiger partial charge in [-0.25, -0.2) is 0 Å². The third-order valence-corrected chi connectivity index (χ3v) is 15.6. The molecule has 0 radical (unpaired) electrons. The van der Waals surface area contributed by atoms with Crippen molar-refractivity contribution in [3.05, 3.63) is 241 Å². The van der Waals surface area contributed by atoms with Crippen LogP contribution in [0, 0.1) is 0 Å². The summed E-state index contributed by atoms with van der Waals surface area (Å²) in [5.41, 5.74) is 23.7. The average Bonchev–Trinajstić information content (AvgIpc) is 4.07. The molecule has 0 unspecified atom stereocenters. The molecule has 0 atom stereocenters. The predicted octanol–water partition coefficient (Wildman–Crippen LogP) is 18.1. The van der Waals surface area contributed by atoms with Gasteiger partial charge in [0.2, 0.25) is 0 Å². The molecule has 0 spiro atoms. The smallest absolute Gasteiger partial charge is 0.137 e. The average molecular weight is 885 g/mol. The first-order valence-electron chi connectivity index (χ1n) is 24.2. The van der Waals surface area contributed by atoms with Crippen LogP contribution in [-0.4, -0.2) is 4.57 Å². The topological polar surface area (TPSA) is 21.3 Å². The molecular weight excluding hydrogens is 837 g/mol. The molecular formula is C66H48N2O. The van der Waals surface area contributed by atoms with Gasteiger partial charge in [0, 0.05) is 44.1 Å². The van der Waals surface area contributed by atoms with Crippen LogP contribution in [0.5, 0.6) is 0 Å². The molecule has 0 N–H and O–H groups in total. The first kappa shape index (κ1) is 39.7. The Bertz CT molecular complexity index is 3960. The Balaban J connectivity index is 0.936. The highest BCUT2D eigenvalue weighted by molar-refractivity contribution is 6.15. The van der Waals surface area contributed by atoms with E-state index in [2.05, 4.69) is 256 Å². The maximum Gasteiger partial charge on any atom is 0.137 e. The molecule has 2 heterocycles. The number of anilines is 3. The maximum absolute atomic E-state index is 6.79. The van der Waals surface area contributed by atoms with Gasteiger partial charge in [0.15, 0.2) is 0 Å². The molecule has 0 bridgehead atoms. The van der Waals surface area contributed by atoms with E-state index < -0.39 is 0 Å². The van der Waals surface area contributed by atoms with Crippen LogP contribution in [0.4, 0.5) is 17.1 Å². The van der Waals surface area contributed by atoms with Gasteiger partial charge in [-0.05, 0) is 146 Å². The van der Waals surface area contributed by atoms with Crippen LogP contribution in [0.1, 0.15) is 49.9 Å². The van der Waals surface area contributed by atoms with Gasteiger partial charge in [-0.15, -0.1) is 0 Å². The summed E-state index contributed by atoms with van der Waals surface area (Å²) in [5.74, 6) is 0. The Labute approximate surface area is 402 Å². The highest BCUT2D eigenvalue weighted by Gasteiger charge is 2.38. The minimum absolute atomic E-state index is 0.154. The van der Waals surface area contributed by atoms with Crippen molar-refractivity contribution in [1.82, 2.24) is 4.57 Å². The number of para-hydroxylation sites is 1. The Hall–Kier alpha value is -8.40. The second-order valence-corrected chi connectivity index (χ2v) is 20.1. The molecule has 0 aliphatic heterocycles. The summed E-state index contributed by atoms with van der Waals surface area (Å²) in [5, 5.41) is 4.64. The molecule has 3 nitrogen and oxygen atoms in total. The van der Waals surface area contributed by atoms with E-state index >= 15 is 0 Å². The monoisotopic (exact) mass is 884 g/mol. The normalized spacial score (nSPS) is 14.0. The van der Waals surface area contributed by atoms with E-state index in [0.29, 0.717) is 0 Å². The Morgan fingerprint density at radius 3 is 1.58 bits per heavy atom. The molecule has 0 saturated carbocycles. The van der Waals surface area contributed by atoms with Crippen molar-refractivity contribution in [1.29, 1.82) is 0 Å². The van der Waals surface area contributed by atoms with Crippen molar-refractivity contribution < 1.29 is 4.42 Å². The van der Waals surface area contributed by atoms with E-state index in [1.165, 1.54) is 77.4 Å². The minimum Gasteiger partial charge on any atom is -0.456 e. The second kappa shape index (κ2) is 14.6. The van der Waals surface area contributed by atoms with Crippen LogP contribution in [0.2, 0.25) is 0 Å². The van der Waals surface area contributed by atoms with E-state index in [4.69, 9.17) is 4.42 Å². The number of hydrogen-bond donors (Lipinski definition) is 0. The summed E-state index contributed by atoms with van der Waals surface area (Å²) >= 11 is 0. The van der Waals surface area contributed by atoms with Gasteiger partial charge >= 0.3 is 0 Å². The molecule has 2 aromatic heterocycles. The van der Waals surface area contributed by atoms with E-state index in [1.54, 1.807) is 0 Å². The summed E-state index contributed by atoms with van der Waals surface area (Å²) in [7, 11) is 0. The fourth-order valence-electron chi connectivity index (χ4n) is 12.1. The maximum atomic E-state index is 6.79. The van der Waals surface area contributed by atoms with Crippen LogP contribution >= 0.6 is 0 Å². The van der Waals surface area contributed by atoms with Crippen molar-refractivity contribution in [2.24, 2.45) is 0 Å². The Kier molecular flexibility index (Phi) is 8.38. The standard InChI is InChI=1S/C66H48N2O/c1-65(2)55-20-11-8-17-48(55)50-33-31-46(39-57(50)65)67(47-32-34-51-49-18-9-12-21-56(49)66(3,4)58(51)40-47)61-23-14-24-63-64(61)54-38-44(28-36-62(54)69-63)43-27-35-60-53(37-43)52-19-10-13-22-59(52)68(60)45-29-25-42(26-30-45)41-15-6-5-7-16-41/h5-40H,1-4H3. The lowest BCUT2D eigenvalue weighted by Gasteiger charge is -2.30. The van der Waals surface area contributed by atoms with Crippen molar-refractivity contribution in [2.45, 2.75) is 38.5 Å². The summed E-state index contributed by atoms with van der Waals surface area (Å²) in [4.78, 5) is 2.48. The number of furan rings is 1. The van der Waals surface area contributed by atoms with E-state index in [-0.39, 0.29) is 10.8 Å². The van der Waals surface area contributed by atoms with E-state index in [9.17, 15) is 0 Å². The van der Waals surface area contributed by atoms with E-state index in [1.807, 2.05) is 0 Å². The van der Waals surface area contributed by atoms with Gasteiger partial charge in [-0.1, -0.05) is 167 Å². The van der Waals surface area contributed by atoms with E-state index in [0.717, 1.165) is 55.8 Å². The fourth-order valence-corrected chi connectivity index (χ4v) is 12.1. The quantitative estimate of drug-likeness (QED) is 0.166. The number of nitrogens with zero attached hydrogens (tertiary/aromatic N) is 2. The fraction of sp³-hybridized carbons (Fsp3) is 0.0909. The SMILES string of the molecule is CC1(C)c2ccccc2-c2ccc(N(c3ccc4c(c3)C(C)(C)c3ccccc3-4)c3cccc4oc5ccc(-c6ccc7c(c6)c6ccccc6n7-c6ccc(-c7ccccc7)cc6)cc5c34)cc21. The lowest BCUT2D eigenvalue weighted by Crippen LogP contribution is -2.18. The summed E-state index contributed by atoms with van der Waals surface area (Å²) in [6.07, 6.45) is 0. The van der Waals surface area contributed by atoms with Crippen LogP contribution in [0.15, 0.2) is 223 Å². The number of aromatic nitrogens is 1. The van der Waals surface area contributed by atoms with Crippen molar-refractivity contribution in [3.63, 3.8) is 0 Å². The highest BCUT2D eigenvalue weighted by Crippen LogP contribution is 2.54. The number of fused-ring (bicyclic) bond motifs is 12. The van der Waals surface area contributed by atoms with Crippen LogP contribution in [-0.2, 0) is 10.8 Å². The van der Waals surface area contributed by atoms with Crippen LogP contribution in [0.3, 0.4) is 0 Å². The number of benzene rings is 10. The molecule has 0 fully saturated rings. The zero-order valence-corrected chi connectivity index (χ0v) is 39.1. The van der Waals surface area contributed by atoms with Crippen LogP contribution < -0.4 is 4.90 Å². The van der Waals surface area contributed by atoms with Crippen molar-refractivity contribution >= 4 is 60.8 Å². The Morgan fingerprint density at radius 1 is 0.362 bits per heavy atom. The molecule has 69 heavy (non-hydrogen) atoms. The molecule has 0 amide bonds. The lowest BCUT2D eigenvalue weighted by atomic mass is 9.82. The molecule has 14 rings (SSSR count). The minimum atomic E-state index is -0.154. The predicted molar refractivity (Wildman–Crippen MR) is 289 cm³/mol. The van der Waals surface area contributed by atoms with Gasteiger partial charge in [-0.3, -0.25) is 0 Å². The zero-order chi connectivity index (χ0) is 46.2. The zero-order valence-electron chi connectivity index (χ0n) is 39.1. The molecule has 2 aliphatic rings. The first-order chi connectivity index (χ1) is 33.7. The highest BCUT2D eigenvalue weighted by atomic mass is 16.3. The molecule has 2 aliphatic carbocycles. The first-order valence-corrected chi connectivity index (χ1v) is 24.2. The van der Waals surface area contributed by atoms with Gasteiger partial charge in [0.05, 0.1) is 22.1 Å². The Morgan fingerprint density at radius 2 is 0.899 bits per heavy atom. The van der Waals surface area contributed by atoms with Gasteiger partial charge in [0.1, 0.15) is 11.2 Å². The molecule has 3 heteroatoms. The third-order valence-electron chi connectivity index (χ3n) is 15.6. The lowest BCUT2D eigenvalue weighted by molar-refractivity contribution is 0.660. The van der Waals surface area contributed by atoms with Crippen LogP contribution in [0.25, 0.3) is 93.9 Å². The van der Waals surface area contributed by atoms with Crippen molar-refractivity contribution in [2.75, 3.05) is 4.90 Å². The number of rotatable bonds is 6. The third kappa shape index (κ3) is 5.80. The molecule has 328 valence electrons. The summed E-state index contributed by atoms with van der Waals surface area (Å²) in [6, 6.07) is 80.5. The second-order valence-electron chi connectivity index (χ2n) is 20.1. The molecule has 12 aromatic rings. The number of hydrogen-bond acceptors (Lipinski definition) is 2. The largest absolute Gasteiger partial charge is 0.456 e.